The molecule has 0 saturated carbocycles. The third kappa shape index (κ3) is 4.58. The van der Waals surface area contributed by atoms with E-state index in [4.69, 9.17) is 8.83 Å². The van der Waals surface area contributed by atoms with Crippen molar-refractivity contribution >= 4 is 109 Å². The molecule has 7 heteroatoms. The van der Waals surface area contributed by atoms with Gasteiger partial charge in [-0.3, -0.25) is 0 Å². The van der Waals surface area contributed by atoms with Crippen molar-refractivity contribution < 1.29 is 8.83 Å². The summed E-state index contributed by atoms with van der Waals surface area (Å²) in [7, 11) is 0. The van der Waals surface area contributed by atoms with Gasteiger partial charge in [-0.15, -0.1) is 0 Å². The number of hydrogen-bond donors (Lipinski definition) is 0. The number of aromatic nitrogens is 3. The SMILES string of the molecule is CC(C)(c1c(-n2c3ccccc3c3ccc4c5ccccc5oc4c32)c(C#N)cc(C#N)c1-n1c2ccccc2c2ccc3c4ccccc4oc3c21)n1c2ccccc2c2ccccc21. The minimum Gasteiger partial charge on any atom is -0.454 e. The molecule has 66 heavy (non-hydrogen) atoms. The van der Waals surface area contributed by atoms with Crippen molar-refractivity contribution in [2.24, 2.45) is 0 Å². The Kier molecular flexibility index (Phi) is 7.19. The lowest BCUT2D eigenvalue weighted by molar-refractivity contribution is 0.462. The Morgan fingerprint density at radius 1 is 0.394 bits per heavy atom. The van der Waals surface area contributed by atoms with Gasteiger partial charge in [0.25, 0.3) is 0 Å². The van der Waals surface area contributed by atoms with Gasteiger partial charge in [0.2, 0.25) is 0 Å². The van der Waals surface area contributed by atoms with E-state index >= 15 is 0 Å². The number of nitriles is 2. The highest BCUT2D eigenvalue weighted by Crippen LogP contribution is 2.50. The summed E-state index contributed by atoms with van der Waals surface area (Å²) in [6.45, 7) is 4.46. The van der Waals surface area contributed by atoms with Crippen molar-refractivity contribution in [2.45, 2.75) is 19.4 Å². The molecule has 0 spiro atoms. The molecule has 0 fully saturated rings. The minimum atomic E-state index is -0.967. The summed E-state index contributed by atoms with van der Waals surface area (Å²) in [6.07, 6.45) is 0. The third-order valence-electron chi connectivity index (χ3n) is 14.1. The topological polar surface area (TPSA) is 88.7 Å². The molecule has 14 aromatic rings. The fraction of sp³-hybridized carbons (Fsp3) is 0.0508. The van der Waals surface area contributed by atoms with E-state index in [1.165, 1.54) is 0 Å². The van der Waals surface area contributed by atoms with Crippen LogP contribution in [-0.4, -0.2) is 13.7 Å². The summed E-state index contributed by atoms with van der Waals surface area (Å²) in [5, 5.41) is 33.5. The van der Waals surface area contributed by atoms with Gasteiger partial charge in [0.05, 0.1) is 50.1 Å². The highest BCUT2D eigenvalue weighted by Gasteiger charge is 2.38. The Bertz CT molecular complexity index is 4260. The summed E-state index contributed by atoms with van der Waals surface area (Å²) in [5.41, 5.74) is 10.5. The van der Waals surface area contributed by atoms with Gasteiger partial charge in [0.1, 0.15) is 23.3 Å². The molecular formula is C59H35N5O2. The Morgan fingerprint density at radius 2 is 0.742 bits per heavy atom. The van der Waals surface area contributed by atoms with Crippen molar-refractivity contribution in [3.63, 3.8) is 0 Å². The molecule has 0 amide bonds. The third-order valence-corrected chi connectivity index (χ3v) is 14.1. The van der Waals surface area contributed by atoms with Gasteiger partial charge in [-0.25, -0.2) is 0 Å². The van der Waals surface area contributed by atoms with Crippen molar-refractivity contribution in [1.82, 2.24) is 13.7 Å². The number of furan rings is 2. The monoisotopic (exact) mass is 845 g/mol. The van der Waals surface area contributed by atoms with E-state index in [9.17, 15) is 10.5 Å². The van der Waals surface area contributed by atoms with E-state index in [2.05, 4.69) is 161 Å². The summed E-state index contributed by atoms with van der Waals surface area (Å²) in [5.74, 6) is 0. The van der Waals surface area contributed by atoms with Gasteiger partial charge in [0.15, 0.2) is 11.2 Å². The maximum Gasteiger partial charge on any atom is 0.160 e. The second-order valence-corrected chi connectivity index (χ2v) is 17.8. The Hall–Kier alpha value is -9.04. The lowest BCUT2D eigenvalue weighted by Gasteiger charge is -2.35. The zero-order valence-electron chi connectivity index (χ0n) is 35.8. The van der Waals surface area contributed by atoms with E-state index in [1.54, 1.807) is 6.07 Å². The maximum atomic E-state index is 11.6. The predicted molar refractivity (Wildman–Crippen MR) is 267 cm³/mol. The van der Waals surface area contributed by atoms with Crippen LogP contribution in [0.4, 0.5) is 0 Å². The largest absolute Gasteiger partial charge is 0.454 e. The van der Waals surface area contributed by atoms with E-state index < -0.39 is 5.54 Å². The average Bonchev–Trinajstić information content (AvgIpc) is 4.17. The smallest absolute Gasteiger partial charge is 0.160 e. The number of benzene rings is 9. The summed E-state index contributed by atoms with van der Waals surface area (Å²) in [4.78, 5) is 0. The molecule has 0 atom stereocenters. The van der Waals surface area contributed by atoms with Gasteiger partial charge in [-0.05, 0) is 68.4 Å². The highest BCUT2D eigenvalue weighted by molar-refractivity contribution is 6.23. The lowest BCUT2D eigenvalue weighted by atomic mass is 9.85. The van der Waals surface area contributed by atoms with Crippen LogP contribution in [0.15, 0.2) is 185 Å². The van der Waals surface area contributed by atoms with Crippen LogP contribution in [0.25, 0.3) is 121 Å². The quantitative estimate of drug-likeness (QED) is 0.176. The van der Waals surface area contributed by atoms with Crippen LogP contribution in [0.1, 0.15) is 30.5 Å². The first kappa shape index (κ1) is 36.4. The molecule has 0 radical (unpaired) electrons. The molecule has 0 unspecified atom stereocenters. The Balaban J connectivity index is 1.27. The van der Waals surface area contributed by atoms with Crippen LogP contribution in [-0.2, 0) is 5.54 Å². The molecular weight excluding hydrogens is 811 g/mol. The standard InChI is InChI=1S/C59H35N5O2/c1-59(2,64-48-23-11-5-15-36(48)37-16-6-12-24-49(37)64)52-53(62-46-21-9-3-17-38(46)42-27-29-44-40-19-7-13-25-50(40)65-57(44)55(42)62)34(32-60)31-35(33-61)54(52)63-47-22-10-4-18-39(47)43-28-30-45-41-20-8-14-26-51(41)66-58(45)56(43)63/h3-31H,1-2H3. The van der Waals surface area contributed by atoms with Crippen molar-refractivity contribution in [1.29, 1.82) is 10.5 Å². The van der Waals surface area contributed by atoms with Gasteiger partial charge in [-0.1, -0.05) is 121 Å². The number of fused-ring (bicyclic) bond motifs is 17. The van der Waals surface area contributed by atoms with E-state index in [1.807, 2.05) is 48.5 Å². The molecule has 5 heterocycles. The highest BCUT2D eigenvalue weighted by atomic mass is 16.3. The zero-order valence-corrected chi connectivity index (χ0v) is 35.8. The second kappa shape index (κ2) is 13.0. The second-order valence-electron chi connectivity index (χ2n) is 17.8. The number of para-hydroxylation sites is 6. The lowest BCUT2D eigenvalue weighted by Crippen LogP contribution is -2.32. The molecule has 0 saturated heterocycles. The first-order valence-electron chi connectivity index (χ1n) is 22.1. The fourth-order valence-electron chi connectivity index (χ4n) is 11.4. The van der Waals surface area contributed by atoms with Crippen LogP contribution in [0, 0.1) is 22.7 Å². The number of rotatable bonds is 4. The fourth-order valence-corrected chi connectivity index (χ4v) is 11.4. The van der Waals surface area contributed by atoms with E-state index in [0.717, 1.165) is 115 Å². The summed E-state index contributed by atoms with van der Waals surface area (Å²) in [6, 6.07) is 65.8. The first-order valence-corrected chi connectivity index (χ1v) is 22.1. The molecule has 0 aliphatic rings. The summed E-state index contributed by atoms with van der Waals surface area (Å²) < 4.78 is 20.7. The zero-order chi connectivity index (χ0) is 44.0. The maximum absolute atomic E-state index is 11.6. The Labute approximate surface area is 376 Å². The van der Waals surface area contributed by atoms with Crippen molar-refractivity contribution in [2.75, 3.05) is 0 Å². The van der Waals surface area contributed by atoms with Crippen molar-refractivity contribution in [3.05, 3.63) is 193 Å². The van der Waals surface area contributed by atoms with Crippen LogP contribution in [0.3, 0.4) is 0 Å². The van der Waals surface area contributed by atoms with Gasteiger partial charge in [-0.2, -0.15) is 10.5 Å². The molecule has 9 aromatic carbocycles. The van der Waals surface area contributed by atoms with Crippen molar-refractivity contribution in [3.8, 4) is 23.5 Å². The minimum absolute atomic E-state index is 0.365. The van der Waals surface area contributed by atoms with Crippen LogP contribution in [0.5, 0.6) is 0 Å². The van der Waals surface area contributed by atoms with Gasteiger partial charge < -0.3 is 22.5 Å². The number of nitrogens with zero attached hydrogens (tertiary/aromatic N) is 5. The molecule has 0 aliphatic carbocycles. The van der Waals surface area contributed by atoms with Crippen LogP contribution >= 0.6 is 0 Å². The average molecular weight is 846 g/mol. The van der Waals surface area contributed by atoms with Crippen LogP contribution in [0.2, 0.25) is 0 Å². The molecule has 0 aliphatic heterocycles. The predicted octanol–water partition coefficient (Wildman–Crippen LogP) is 15.3. The molecule has 14 rings (SSSR count). The van der Waals surface area contributed by atoms with Crippen LogP contribution < -0.4 is 0 Å². The molecule has 7 nitrogen and oxygen atoms in total. The molecule has 308 valence electrons. The normalized spacial score (nSPS) is 12.4. The molecule has 5 aromatic heterocycles. The van der Waals surface area contributed by atoms with E-state index in [0.29, 0.717) is 22.5 Å². The van der Waals surface area contributed by atoms with E-state index in [-0.39, 0.29) is 0 Å². The molecule has 0 N–H and O–H groups in total. The van der Waals surface area contributed by atoms with Gasteiger partial charge >= 0.3 is 0 Å². The number of hydrogen-bond acceptors (Lipinski definition) is 4. The first-order chi connectivity index (χ1) is 32.5. The van der Waals surface area contributed by atoms with Gasteiger partial charge in [0, 0.05) is 70.5 Å². The Morgan fingerprint density at radius 3 is 1.17 bits per heavy atom. The molecule has 0 bridgehead atoms. The summed E-state index contributed by atoms with van der Waals surface area (Å²) >= 11 is 0.